The van der Waals surface area contributed by atoms with Gasteiger partial charge in [0.05, 0.1) is 30.7 Å². The number of carbonyl (C=O) groups is 1. The van der Waals surface area contributed by atoms with Crippen LogP contribution in [0, 0.1) is 5.92 Å². The first-order chi connectivity index (χ1) is 14.7. The van der Waals surface area contributed by atoms with E-state index in [1.807, 2.05) is 36.4 Å². The van der Waals surface area contributed by atoms with Gasteiger partial charge in [-0.1, -0.05) is 42.5 Å². The zero-order chi connectivity index (χ0) is 20.5. The van der Waals surface area contributed by atoms with Gasteiger partial charge in [-0.05, 0) is 54.7 Å². The molecule has 1 aromatic heterocycles. The molecule has 4 nitrogen and oxygen atoms in total. The summed E-state index contributed by atoms with van der Waals surface area (Å²) in [6.45, 7) is 0. The van der Waals surface area contributed by atoms with E-state index < -0.39 is 0 Å². The zero-order valence-corrected chi connectivity index (χ0v) is 16.9. The van der Waals surface area contributed by atoms with E-state index in [9.17, 15) is 4.79 Å². The number of hydrogen-bond acceptors (Lipinski definition) is 4. The van der Waals surface area contributed by atoms with E-state index in [0.717, 1.165) is 36.3 Å². The van der Waals surface area contributed by atoms with Crippen LogP contribution >= 0.6 is 0 Å². The van der Waals surface area contributed by atoms with E-state index in [1.54, 1.807) is 6.26 Å². The van der Waals surface area contributed by atoms with Crippen molar-refractivity contribution in [3.05, 3.63) is 101 Å². The largest absolute Gasteiger partial charge is 0.465 e. The van der Waals surface area contributed by atoms with Gasteiger partial charge in [0.1, 0.15) is 5.76 Å². The monoisotopic (exact) mass is 397 g/mol. The van der Waals surface area contributed by atoms with Crippen LogP contribution in [0.3, 0.4) is 0 Å². The zero-order valence-electron chi connectivity index (χ0n) is 16.9. The molecule has 2 heterocycles. The van der Waals surface area contributed by atoms with Crippen LogP contribution < -0.4 is 0 Å². The summed E-state index contributed by atoms with van der Waals surface area (Å²) in [5.74, 6) is 1.02. The lowest BCUT2D eigenvalue weighted by atomic mass is 9.69. The molecule has 2 aromatic carbocycles. The highest BCUT2D eigenvalue weighted by atomic mass is 16.5. The number of ether oxygens (including phenoxy) is 1. The van der Waals surface area contributed by atoms with Crippen LogP contribution in [0.5, 0.6) is 0 Å². The number of rotatable bonds is 5. The number of aliphatic imine (C=N–C) groups is 1. The average Bonchev–Trinajstić information content (AvgIpc) is 3.30. The van der Waals surface area contributed by atoms with Gasteiger partial charge >= 0.3 is 5.97 Å². The molecule has 150 valence electrons. The molecule has 2 unspecified atom stereocenters. The van der Waals surface area contributed by atoms with Gasteiger partial charge in [-0.25, -0.2) is 4.79 Å². The van der Waals surface area contributed by atoms with Gasteiger partial charge in [-0.3, -0.25) is 4.99 Å². The summed E-state index contributed by atoms with van der Waals surface area (Å²) in [6.07, 6.45) is 4.76. The van der Waals surface area contributed by atoms with Crippen molar-refractivity contribution in [2.75, 3.05) is 7.11 Å². The van der Waals surface area contributed by atoms with Crippen LogP contribution in [0.1, 0.15) is 40.1 Å². The fraction of sp³-hybridized carbons (Fsp3) is 0.231. The molecule has 1 aliphatic carbocycles. The third-order valence-corrected chi connectivity index (χ3v) is 6.10. The molecule has 0 radical (unpaired) electrons. The number of esters is 1. The molecular formula is C26H23NO3. The minimum atomic E-state index is -0.331. The fourth-order valence-electron chi connectivity index (χ4n) is 4.44. The molecule has 30 heavy (non-hydrogen) atoms. The van der Waals surface area contributed by atoms with Gasteiger partial charge in [0.25, 0.3) is 0 Å². The van der Waals surface area contributed by atoms with Crippen molar-refractivity contribution in [3.8, 4) is 0 Å². The number of furan rings is 1. The number of nitrogens with zero attached hydrogens (tertiary/aromatic N) is 1. The van der Waals surface area contributed by atoms with Crippen LogP contribution in [-0.4, -0.2) is 24.8 Å². The Morgan fingerprint density at radius 3 is 2.47 bits per heavy atom. The van der Waals surface area contributed by atoms with Crippen molar-refractivity contribution < 1.29 is 13.9 Å². The molecule has 1 fully saturated rings. The highest BCUT2D eigenvalue weighted by molar-refractivity contribution is 6.18. The van der Waals surface area contributed by atoms with Crippen molar-refractivity contribution in [3.63, 3.8) is 0 Å². The van der Waals surface area contributed by atoms with Crippen LogP contribution in [0.25, 0.3) is 5.57 Å². The van der Waals surface area contributed by atoms with Crippen molar-refractivity contribution >= 4 is 17.3 Å². The Morgan fingerprint density at radius 1 is 1.03 bits per heavy atom. The molecule has 1 aliphatic heterocycles. The number of dihydropyridines is 1. The standard InChI is InChI=1S/C26H23NO3/c1-29-26(28)19-11-9-18(10-12-19)25-21(16-17-6-3-2-4-7-17)24(23-8-5-15-30-23)20-13-14-22(20)27-25/h2-12,15,20,22H,13-14,16H2,1H3. The lowest BCUT2D eigenvalue weighted by Gasteiger charge is -2.40. The molecule has 1 saturated carbocycles. The molecule has 4 heteroatoms. The van der Waals surface area contributed by atoms with Crippen LogP contribution in [0.15, 0.2) is 88.0 Å². The SMILES string of the molecule is COC(=O)c1ccc(C2=NC3CCC3C(c3ccco3)=C2Cc2ccccc2)cc1. The average molecular weight is 397 g/mol. The van der Waals surface area contributed by atoms with E-state index in [4.69, 9.17) is 14.1 Å². The van der Waals surface area contributed by atoms with Crippen molar-refractivity contribution in [1.29, 1.82) is 0 Å². The first-order valence-electron chi connectivity index (χ1n) is 10.3. The van der Waals surface area contributed by atoms with E-state index in [-0.39, 0.29) is 5.97 Å². The highest BCUT2D eigenvalue weighted by Gasteiger charge is 2.41. The molecular weight excluding hydrogens is 374 g/mol. The van der Waals surface area contributed by atoms with Gasteiger partial charge in [0.15, 0.2) is 0 Å². The summed E-state index contributed by atoms with van der Waals surface area (Å²) in [7, 11) is 1.40. The summed E-state index contributed by atoms with van der Waals surface area (Å²) in [6, 6.07) is 22.3. The number of allylic oxidation sites excluding steroid dienone is 1. The summed E-state index contributed by atoms with van der Waals surface area (Å²) < 4.78 is 10.7. The smallest absolute Gasteiger partial charge is 0.337 e. The Kier molecular flexibility index (Phi) is 4.83. The molecule has 0 spiro atoms. The number of carbonyl (C=O) groups excluding carboxylic acids is 1. The molecule has 3 aromatic rings. The first-order valence-corrected chi connectivity index (χ1v) is 10.3. The molecule has 2 atom stereocenters. The predicted molar refractivity (Wildman–Crippen MR) is 117 cm³/mol. The molecule has 0 N–H and O–H groups in total. The summed E-state index contributed by atoms with van der Waals surface area (Å²) >= 11 is 0. The van der Waals surface area contributed by atoms with Gasteiger partial charge in [-0.15, -0.1) is 0 Å². The maximum absolute atomic E-state index is 11.8. The van der Waals surface area contributed by atoms with Gasteiger partial charge in [-0.2, -0.15) is 0 Å². The first kappa shape index (κ1) is 18.6. The number of fused-ring (bicyclic) bond motifs is 1. The molecule has 2 aliphatic rings. The number of methoxy groups -OCH3 is 1. The van der Waals surface area contributed by atoms with Crippen molar-refractivity contribution in [1.82, 2.24) is 0 Å². The second-order valence-electron chi connectivity index (χ2n) is 7.83. The molecule has 0 saturated heterocycles. The topological polar surface area (TPSA) is 51.8 Å². The third-order valence-electron chi connectivity index (χ3n) is 6.10. The normalized spacial score (nSPS) is 20.2. The second kappa shape index (κ2) is 7.79. The Bertz CT molecular complexity index is 1110. The molecule has 0 bridgehead atoms. The Balaban J connectivity index is 1.62. The molecule has 0 amide bonds. The van der Waals surface area contributed by atoms with Crippen molar-refractivity contribution in [2.45, 2.75) is 25.3 Å². The second-order valence-corrected chi connectivity index (χ2v) is 7.83. The van der Waals surface area contributed by atoms with Crippen LogP contribution in [0.4, 0.5) is 0 Å². The quantitative estimate of drug-likeness (QED) is 0.546. The van der Waals surface area contributed by atoms with Gasteiger partial charge < -0.3 is 9.15 Å². The predicted octanol–water partition coefficient (Wildman–Crippen LogP) is 5.34. The van der Waals surface area contributed by atoms with E-state index in [2.05, 4.69) is 30.3 Å². The minimum Gasteiger partial charge on any atom is -0.465 e. The summed E-state index contributed by atoms with van der Waals surface area (Å²) in [4.78, 5) is 17.0. The van der Waals surface area contributed by atoms with E-state index in [0.29, 0.717) is 17.5 Å². The lowest BCUT2D eigenvalue weighted by Crippen LogP contribution is -2.37. The minimum absolute atomic E-state index is 0.292. The van der Waals surface area contributed by atoms with Crippen LogP contribution in [0.2, 0.25) is 0 Å². The van der Waals surface area contributed by atoms with Crippen molar-refractivity contribution in [2.24, 2.45) is 10.9 Å². The Labute approximate surface area is 175 Å². The number of hydrogen-bond donors (Lipinski definition) is 0. The van der Waals surface area contributed by atoms with E-state index in [1.165, 1.54) is 23.8 Å². The third kappa shape index (κ3) is 3.28. The number of benzene rings is 2. The van der Waals surface area contributed by atoms with Crippen LogP contribution in [-0.2, 0) is 11.2 Å². The van der Waals surface area contributed by atoms with E-state index >= 15 is 0 Å². The maximum atomic E-state index is 11.8. The Hall–Kier alpha value is -3.40. The van der Waals surface area contributed by atoms with Gasteiger partial charge in [0, 0.05) is 17.1 Å². The molecule has 5 rings (SSSR count). The summed E-state index contributed by atoms with van der Waals surface area (Å²) in [5.41, 5.74) is 6.29. The summed E-state index contributed by atoms with van der Waals surface area (Å²) in [5, 5.41) is 0. The maximum Gasteiger partial charge on any atom is 0.337 e. The fourth-order valence-corrected chi connectivity index (χ4v) is 4.44. The Morgan fingerprint density at radius 2 is 1.83 bits per heavy atom. The van der Waals surface area contributed by atoms with Gasteiger partial charge in [0.2, 0.25) is 0 Å². The highest BCUT2D eigenvalue weighted by Crippen LogP contribution is 2.47. The lowest BCUT2D eigenvalue weighted by molar-refractivity contribution is 0.0600.